The summed E-state index contributed by atoms with van der Waals surface area (Å²) in [5.41, 5.74) is -0.397. The molecule has 0 aromatic heterocycles. The first-order valence-corrected chi connectivity index (χ1v) is 5.21. The molecule has 0 spiro atoms. The summed E-state index contributed by atoms with van der Waals surface area (Å²) in [5, 5.41) is 0. The highest BCUT2D eigenvalue weighted by atomic mass is 16.6. The fraction of sp³-hybridized carbons (Fsp3) is 0.818. The number of nitrogens with zero attached hydrogens (tertiary/aromatic N) is 1. The van der Waals surface area contributed by atoms with Gasteiger partial charge in [-0.05, 0) is 27.2 Å². The molecule has 1 unspecified atom stereocenters. The third kappa shape index (κ3) is 3.48. The van der Waals surface area contributed by atoms with Gasteiger partial charge in [-0.15, -0.1) is 4.58 Å². The molecular weight excluding hydrogens is 178 g/mol. The lowest BCUT2D eigenvalue weighted by Gasteiger charge is -2.19. The topological polar surface area (TPSA) is 29.3 Å². The van der Waals surface area contributed by atoms with E-state index in [2.05, 4.69) is 6.92 Å². The second-order valence-corrected chi connectivity index (χ2v) is 5.00. The van der Waals surface area contributed by atoms with Crippen molar-refractivity contribution in [3.05, 3.63) is 0 Å². The normalized spacial score (nSPS) is 22.9. The molecule has 0 radical (unpaired) electrons. The monoisotopic (exact) mass is 198 g/mol. The van der Waals surface area contributed by atoms with Crippen molar-refractivity contribution < 1.29 is 14.1 Å². The first kappa shape index (κ1) is 11.2. The Kier molecular flexibility index (Phi) is 3.29. The van der Waals surface area contributed by atoms with Gasteiger partial charge in [0.25, 0.3) is 0 Å². The summed E-state index contributed by atoms with van der Waals surface area (Å²) in [4.78, 5) is 11.6. The first-order valence-electron chi connectivity index (χ1n) is 5.21. The van der Waals surface area contributed by atoms with Gasteiger partial charge in [-0.3, -0.25) is 0 Å². The second-order valence-electron chi connectivity index (χ2n) is 5.00. The highest BCUT2D eigenvalue weighted by molar-refractivity contribution is 5.66. The lowest BCUT2D eigenvalue weighted by atomic mass is 10.0. The summed E-state index contributed by atoms with van der Waals surface area (Å²) in [6.07, 6.45) is 3.86. The van der Waals surface area contributed by atoms with E-state index in [4.69, 9.17) is 4.74 Å². The molecule has 3 heteroatoms. The van der Waals surface area contributed by atoms with E-state index in [1.165, 1.54) is 6.42 Å². The zero-order valence-electron chi connectivity index (χ0n) is 9.54. The summed E-state index contributed by atoms with van der Waals surface area (Å²) in [7, 11) is 0. The Morgan fingerprint density at radius 2 is 2.14 bits per heavy atom. The maximum absolute atomic E-state index is 11.6. The Hall–Kier alpha value is -0.860. The second kappa shape index (κ2) is 4.11. The third-order valence-electron chi connectivity index (χ3n) is 2.15. The van der Waals surface area contributed by atoms with Gasteiger partial charge in [0, 0.05) is 12.3 Å². The van der Waals surface area contributed by atoms with Crippen LogP contribution in [-0.4, -0.2) is 29.0 Å². The minimum atomic E-state index is -0.397. The van der Waals surface area contributed by atoms with E-state index < -0.39 is 5.60 Å². The highest BCUT2D eigenvalue weighted by Crippen LogP contribution is 2.13. The zero-order valence-corrected chi connectivity index (χ0v) is 9.54. The quantitative estimate of drug-likeness (QED) is 0.559. The van der Waals surface area contributed by atoms with Crippen molar-refractivity contribution in [1.82, 2.24) is 0 Å². The average molecular weight is 198 g/mol. The van der Waals surface area contributed by atoms with Crippen LogP contribution in [0.3, 0.4) is 0 Å². The molecule has 3 nitrogen and oxygen atoms in total. The van der Waals surface area contributed by atoms with Gasteiger partial charge in [-0.2, -0.15) is 4.79 Å². The van der Waals surface area contributed by atoms with Crippen molar-refractivity contribution in [3.8, 4) is 0 Å². The molecule has 0 bridgehead atoms. The number of rotatable bonds is 0. The van der Waals surface area contributed by atoms with Crippen LogP contribution in [0, 0.1) is 5.92 Å². The van der Waals surface area contributed by atoms with Crippen molar-refractivity contribution >= 4 is 12.3 Å². The molecular formula is C11H20NO2+. The average Bonchev–Trinajstić information content (AvgIpc) is 2.01. The van der Waals surface area contributed by atoms with E-state index in [1.807, 2.05) is 27.0 Å². The largest absolute Gasteiger partial charge is 0.596 e. The Balaban J connectivity index is 2.57. The molecule has 1 aliphatic heterocycles. The van der Waals surface area contributed by atoms with Crippen LogP contribution in [0.15, 0.2) is 0 Å². The number of hydrogen-bond acceptors (Lipinski definition) is 2. The lowest BCUT2D eigenvalue weighted by Crippen LogP contribution is -2.35. The first-order chi connectivity index (χ1) is 6.38. The Bertz CT molecular complexity index is 251. The van der Waals surface area contributed by atoms with Crippen LogP contribution < -0.4 is 0 Å². The molecule has 0 N–H and O–H groups in total. The van der Waals surface area contributed by atoms with E-state index in [0.717, 1.165) is 13.0 Å². The smallest absolute Gasteiger partial charge is 0.406 e. The number of carbonyl (C=O) groups excluding carboxylic acids is 1. The third-order valence-corrected chi connectivity index (χ3v) is 2.15. The molecule has 0 saturated carbocycles. The van der Waals surface area contributed by atoms with Gasteiger partial charge < -0.3 is 4.74 Å². The molecule has 1 atom stereocenters. The van der Waals surface area contributed by atoms with E-state index in [9.17, 15) is 4.79 Å². The molecule has 1 aliphatic rings. The van der Waals surface area contributed by atoms with Crippen molar-refractivity contribution in [1.29, 1.82) is 0 Å². The van der Waals surface area contributed by atoms with E-state index in [-0.39, 0.29) is 6.09 Å². The zero-order chi connectivity index (χ0) is 10.8. The minimum Gasteiger partial charge on any atom is -0.406 e. The summed E-state index contributed by atoms with van der Waals surface area (Å²) in [5.74, 6) is 0.576. The van der Waals surface area contributed by atoms with Crippen molar-refractivity contribution in [2.45, 2.75) is 46.1 Å². The molecule has 0 aliphatic carbocycles. The number of amides is 1. The van der Waals surface area contributed by atoms with Gasteiger partial charge in [0.15, 0.2) is 12.8 Å². The van der Waals surface area contributed by atoms with E-state index in [0.29, 0.717) is 5.92 Å². The van der Waals surface area contributed by atoms with Crippen LogP contribution in [0.5, 0.6) is 0 Å². The Morgan fingerprint density at radius 1 is 1.50 bits per heavy atom. The van der Waals surface area contributed by atoms with Crippen LogP contribution >= 0.6 is 0 Å². The van der Waals surface area contributed by atoms with Crippen LogP contribution in [0.2, 0.25) is 0 Å². The summed E-state index contributed by atoms with van der Waals surface area (Å²) < 4.78 is 6.98. The SMILES string of the molecule is CC1CCC=[N+](C(=O)OC(C)(C)C)C1. The van der Waals surface area contributed by atoms with E-state index in [1.54, 1.807) is 4.58 Å². The summed E-state index contributed by atoms with van der Waals surface area (Å²) >= 11 is 0. The summed E-state index contributed by atoms with van der Waals surface area (Å²) in [6.45, 7) is 8.61. The molecule has 14 heavy (non-hydrogen) atoms. The molecule has 0 fully saturated rings. The van der Waals surface area contributed by atoms with Crippen LogP contribution in [-0.2, 0) is 4.74 Å². The molecule has 0 saturated heterocycles. The Labute approximate surface area is 85.8 Å². The van der Waals surface area contributed by atoms with Crippen LogP contribution in [0.1, 0.15) is 40.5 Å². The standard InChI is InChI=1S/C11H20NO2/c1-9-6-5-7-12(8-9)10(13)14-11(2,3)4/h7,9H,5-6,8H2,1-4H3/q+1. The fourth-order valence-corrected chi connectivity index (χ4v) is 1.49. The lowest BCUT2D eigenvalue weighted by molar-refractivity contribution is -0.459. The maximum Gasteiger partial charge on any atom is 0.596 e. The highest BCUT2D eigenvalue weighted by Gasteiger charge is 2.29. The summed E-state index contributed by atoms with van der Waals surface area (Å²) in [6, 6.07) is 0. The van der Waals surface area contributed by atoms with E-state index >= 15 is 0 Å². The van der Waals surface area contributed by atoms with Crippen molar-refractivity contribution in [2.75, 3.05) is 6.54 Å². The van der Waals surface area contributed by atoms with Gasteiger partial charge >= 0.3 is 6.09 Å². The molecule has 1 rings (SSSR count). The van der Waals surface area contributed by atoms with Gasteiger partial charge in [-0.1, -0.05) is 6.92 Å². The molecule has 1 heterocycles. The van der Waals surface area contributed by atoms with Gasteiger partial charge in [0.05, 0.1) is 0 Å². The molecule has 80 valence electrons. The fourth-order valence-electron chi connectivity index (χ4n) is 1.49. The van der Waals surface area contributed by atoms with Gasteiger partial charge in [-0.25, -0.2) is 0 Å². The maximum atomic E-state index is 11.6. The predicted octanol–water partition coefficient (Wildman–Crippen LogP) is 2.43. The Morgan fingerprint density at radius 3 is 2.64 bits per heavy atom. The van der Waals surface area contributed by atoms with Crippen LogP contribution in [0.4, 0.5) is 4.79 Å². The van der Waals surface area contributed by atoms with Crippen molar-refractivity contribution in [3.63, 3.8) is 0 Å². The number of ether oxygens (including phenoxy) is 1. The minimum absolute atomic E-state index is 0.218. The number of carbonyl (C=O) groups is 1. The van der Waals surface area contributed by atoms with Crippen molar-refractivity contribution in [2.24, 2.45) is 5.92 Å². The van der Waals surface area contributed by atoms with Gasteiger partial charge in [0.1, 0.15) is 5.60 Å². The van der Waals surface area contributed by atoms with Gasteiger partial charge in [0.2, 0.25) is 0 Å². The van der Waals surface area contributed by atoms with Crippen LogP contribution in [0.25, 0.3) is 0 Å². The number of hydrogen-bond donors (Lipinski definition) is 0. The molecule has 0 aromatic carbocycles. The molecule has 0 aromatic rings. The predicted molar refractivity (Wildman–Crippen MR) is 55.8 cm³/mol. The molecule has 1 amide bonds.